The van der Waals surface area contributed by atoms with E-state index in [4.69, 9.17) is 10.00 Å². The number of para-hydroxylation sites is 1. The van der Waals surface area contributed by atoms with Crippen molar-refractivity contribution in [1.82, 2.24) is 0 Å². The molecule has 0 amide bonds. The fraction of sp³-hybridized carbons (Fsp3) is 0.500. The molecule has 0 atom stereocenters. The van der Waals surface area contributed by atoms with E-state index in [1.807, 2.05) is 24.3 Å². The summed E-state index contributed by atoms with van der Waals surface area (Å²) < 4.78 is 5.38. The summed E-state index contributed by atoms with van der Waals surface area (Å²) in [6.07, 6.45) is 2.16. The topological polar surface area (TPSA) is 45.0 Å². The summed E-state index contributed by atoms with van der Waals surface area (Å²) in [5.74, 6) is 0. The molecule has 0 spiro atoms. The summed E-state index contributed by atoms with van der Waals surface area (Å²) in [6, 6.07) is 9.85. The van der Waals surface area contributed by atoms with E-state index in [1.54, 1.807) is 0 Å². The van der Waals surface area contributed by atoms with Crippen molar-refractivity contribution in [3.8, 4) is 6.07 Å². The van der Waals surface area contributed by atoms with Gasteiger partial charge in [0.05, 0.1) is 11.3 Å². The molecule has 0 saturated carbocycles. The van der Waals surface area contributed by atoms with Crippen LogP contribution in [0.3, 0.4) is 0 Å². The normalized spacial score (nSPS) is 18.4. The summed E-state index contributed by atoms with van der Waals surface area (Å²) >= 11 is 0. The largest absolute Gasteiger partial charge is 0.383 e. The lowest BCUT2D eigenvalue weighted by atomic mass is 9.82. The molecule has 1 heterocycles. The van der Waals surface area contributed by atoms with E-state index < -0.39 is 0 Å². The van der Waals surface area contributed by atoms with Gasteiger partial charge in [0.1, 0.15) is 6.07 Å². The van der Waals surface area contributed by atoms with Crippen LogP contribution < -0.4 is 5.32 Å². The van der Waals surface area contributed by atoms with Gasteiger partial charge in [-0.3, -0.25) is 0 Å². The second-order valence-electron chi connectivity index (χ2n) is 4.93. The highest BCUT2D eigenvalue weighted by molar-refractivity contribution is 5.57. The zero-order valence-corrected chi connectivity index (χ0v) is 10.2. The first-order valence-electron chi connectivity index (χ1n) is 6.04. The molecule has 0 aliphatic carbocycles. The van der Waals surface area contributed by atoms with E-state index in [0.717, 1.165) is 38.3 Å². The minimum absolute atomic E-state index is 0.279. The molecule has 1 saturated heterocycles. The Kier molecular flexibility index (Phi) is 3.65. The van der Waals surface area contributed by atoms with Crippen LogP contribution in [0.2, 0.25) is 0 Å². The Bertz CT molecular complexity index is 416. The number of benzene rings is 1. The number of nitriles is 1. The first-order chi connectivity index (χ1) is 8.23. The highest BCUT2D eigenvalue weighted by Gasteiger charge is 2.27. The van der Waals surface area contributed by atoms with Gasteiger partial charge in [0.2, 0.25) is 0 Å². The number of rotatable bonds is 3. The van der Waals surface area contributed by atoms with Crippen LogP contribution in [0, 0.1) is 16.7 Å². The summed E-state index contributed by atoms with van der Waals surface area (Å²) in [4.78, 5) is 0. The molecule has 2 rings (SSSR count). The summed E-state index contributed by atoms with van der Waals surface area (Å²) in [6.45, 7) is 4.86. The van der Waals surface area contributed by atoms with Gasteiger partial charge in [0, 0.05) is 19.8 Å². The third-order valence-corrected chi connectivity index (χ3v) is 3.45. The molecule has 0 aromatic heterocycles. The van der Waals surface area contributed by atoms with E-state index in [1.165, 1.54) is 0 Å². The Morgan fingerprint density at radius 1 is 1.35 bits per heavy atom. The third-order valence-electron chi connectivity index (χ3n) is 3.45. The quantitative estimate of drug-likeness (QED) is 0.868. The van der Waals surface area contributed by atoms with E-state index in [9.17, 15) is 0 Å². The van der Waals surface area contributed by atoms with Crippen LogP contribution in [0.25, 0.3) is 0 Å². The number of nitrogens with zero attached hydrogens (tertiary/aromatic N) is 1. The van der Waals surface area contributed by atoms with Gasteiger partial charge in [-0.05, 0) is 30.4 Å². The lowest BCUT2D eigenvalue weighted by Crippen LogP contribution is -2.33. The standard InChI is InChI=1S/C14H18N2O/c1-14(6-8-17-9-7-14)11-16-13-5-3-2-4-12(13)10-15/h2-5,16H,6-9,11H2,1H3. The van der Waals surface area contributed by atoms with Gasteiger partial charge in [-0.2, -0.15) is 5.26 Å². The van der Waals surface area contributed by atoms with Crippen molar-refractivity contribution < 1.29 is 4.74 Å². The van der Waals surface area contributed by atoms with Crippen LogP contribution in [0.1, 0.15) is 25.3 Å². The molecule has 0 radical (unpaired) electrons. The Morgan fingerprint density at radius 3 is 2.76 bits per heavy atom. The Balaban J connectivity index is 2.00. The predicted molar refractivity (Wildman–Crippen MR) is 67.8 cm³/mol. The van der Waals surface area contributed by atoms with Crippen molar-refractivity contribution in [2.45, 2.75) is 19.8 Å². The molecule has 3 nitrogen and oxygen atoms in total. The molecule has 17 heavy (non-hydrogen) atoms. The fourth-order valence-electron chi connectivity index (χ4n) is 2.08. The highest BCUT2D eigenvalue weighted by atomic mass is 16.5. The minimum atomic E-state index is 0.279. The molecule has 1 aliphatic heterocycles. The lowest BCUT2D eigenvalue weighted by molar-refractivity contribution is 0.0300. The average molecular weight is 230 g/mol. The second kappa shape index (κ2) is 5.20. The van der Waals surface area contributed by atoms with Gasteiger partial charge in [-0.25, -0.2) is 0 Å². The van der Waals surface area contributed by atoms with Crippen molar-refractivity contribution in [3.63, 3.8) is 0 Å². The van der Waals surface area contributed by atoms with Crippen molar-refractivity contribution in [3.05, 3.63) is 29.8 Å². The Hall–Kier alpha value is -1.53. The van der Waals surface area contributed by atoms with Gasteiger partial charge in [0.15, 0.2) is 0 Å². The predicted octanol–water partition coefficient (Wildman–Crippen LogP) is 2.79. The van der Waals surface area contributed by atoms with Crippen LogP contribution in [-0.2, 0) is 4.74 Å². The highest BCUT2D eigenvalue weighted by Crippen LogP contribution is 2.30. The van der Waals surface area contributed by atoms with Gasteiger partial charge < -0.3 is 10.1 Å². The van der Waals surface area contributed by atoms with Crippen LogP contribution in [0.5, 0.6) is 0 Å². The number of hydrogen-bond donors (Lipinski definition) is 1. The Morgan fingerprint density at radius 2 is 2.06 bits per heavy atom. The van der Waals surface area contributed by atoms with E-state index in [-0.39, 0.29) is 5.41 Å². The summed E-state index contributed by atoms with van der Waals surface area (Å²) in [5, 5.41) is 12.4. The van der Waals surface area contributed by atoms with Crippen molar-refractivity contribution in [2.75, 3.05) is 25.1 Å². The molecule has 90 valence electrons. The van der Waals surface area contributed by atoms with Crippen LogP contribution in [0.15, 0.2) is 24.3 Å². The van der Waals surface area contributed by atoms with Gasteiger partial charge in [0.25, 0.3) is 0 Å². The number of nitrogens with one attached hydrogen (secondary N) is 1. The first kappa shape index (κ1) is 11.9. The molecule has 1 aromatic carbocycles. The van der Waals surface area contributed by atoms with E-state index in [0.29, 0.717) is 5.56 Å². The zero-order chi connectivity index (χ0) is 12.1. The maximum atomic E-state index is 9.01. The van der Waals surface area contributed by atoms with Gasteiger partial charge >= 0.3 is 0 Å². The first-order valence-corrected chi connectivity index (χ1v) is 6.04. The monoisotopic (exact) mass is 230 g/mol. The SMILES string of the molecule is CC1(CNc2ccccc2C#N)CCOCC1. The number of hydrogen-bond acceptors (Lipinski definition) is 3. The third kappa shape index (κ3) is 2.98. The van der Waals surface area contributed by atoms with E-state index >= 15 is 0 Å². The average Bonchev–Trinajstić information content (AvgIpc) is 2.38. The molecule has 1 aromatic rings. The zero-order valence-electron chi connectivity index (χ0n) is 10.2. The van der Waals surface area contributed by atoms with Crippen molar-refractivity contribution in [1.29, 1.82) is 5.26 Å². The molecule has 0 bridgehead atoms. The second-order valence-corrected chi connectivity index (χ2v) is 4.93. The van der Waals surface area contributed by atoms with Gasteiger partial charge in [-0.15, -0.1) is 0 Å². The molecule has 3 heteroatoms. The minimum Gasteiger partial charge on any atom is -0.383 e. The maximum Gasteiger partial charge on any atom is 0.101 e. The van der Waals surface area contributed by atoms with Crippen LogP contribution >= 0.6 is 0 Å². The van der Waals surface area contributed by atoms with Gasteiger partial charge in [-0.1, -0.05) is 19.1 Å². The van der Waals surface area contributed by atoms with Crippen molar-refractivity contribution >= 4 is 5.69 Å². The van der Waals surface area contributed by atoms with Crippen LogP contribution in [-0.4, -0.2) is 19.8 Å². The molecule has 1 aliphatic rings. The number of ether oxygens (including phenoxy) is 1. The van der Waals surface area contributed by atoms with Crippen molar-refractivity contribution in [2.24, 2.45) is 5.41 Å². The molecule has 1 N–H and O–H groups in total. The summed E-state index contributed by atoms with van der Waals surface area (Å²) in [7, 11) is 0. The Labute approximate surface area is 102 Å². The fourth-order valence-corrected chi connectivity index (χ4v) is 2.08. The summed E-state index contributed by atoms with van der Waals surface area (Å²) in [5.41, 5.74) is 1.92. The smallest absolute Gasteiger partial charge is 0.101 e. The molecule has 0 unspecified atom stereocenters. The molecular formula is C14H18N2O. The lowest BCUT2D eigenvalue weighted by Gasteiger charge is -2.34. The van der Waals surface area contributed by atoms with E-state index in [2.05, 4.69) is 18.3 Å². The number of anilines is 1. The van der Waals surface area contributed by atoms with Crippen LogP contribution in [0.4, 0.5) is 5.69 Å². The maximum absolute atomic E-state index is 9.01. The molecular weight excluding hydrogens is 212 g/mol. The molecule has 1 fully saturated rings.